The van der Waals surface area contributed by atoms with Gasteiger partial charge in [-0.05, 0) is 111 Å². The van der Waals surface area contributed by atoms with E-state index >= 15 is 0 Å². The van der Waals surface area contributed by atoms with Crippen molar-refractivity contribution >= 4 is 42.4 Å². The molecule has 10 radical (unpaired) electrons. The Balaban J connectivity index is 0.000000609. The van der Waals surface area contributed by atoms with Gasteiger partial charge < -0.3 is 0 Å². The second-order valence-electron chi connectivity index (χ2n) is 10.6. The summed E-state index contributed by atoms with van der Waals surface area (Å²) in [6, 6.07) is 53.2. The molecule has 1 atom stereocenters. The van der Waals surface area contributed by atoms with Crippen LogP contribution in [0.2, 0.25) is 0 Å². The van der Waals surface area contributed by atoms with E-state index in [-0.39, 0.29) is 17.1 Å². The molecule has 0 nitrogen and oxygen atoms in total. The van der Waals surface area contributed by atoms with Gasteiger partial charge in [-0.3, -0.25) is 0 Å². The molecule has 0 spiro atoms. The van der Waals surface area contributed by atoms with E-state index in [0.717, 1.165) is 0 Å². The van der Waals surface area contributed by atoms with Gasteiger partial charge in [-0.1, -0.05) is 153 Å². The van der Waals surface area contributed by atoms with Crippen LogP contribution in [0, 0.1) is 63.2 Å². The molecule has 0 N–H and O–H groups in total. The van der Waals surface area contributed by atoms with Crippen LogP contribution < -0.4 is 26.5 Å². The van der Waals surface area contributed by atoms with E-state index in [1.54, 1.807) is 0 Å². The van der Waals surface area contributed by atoms with Crippen LogP contribution in [0.25, 0.3) is 0 Å². The molecule has 45 heavy (non-hydrogen) atoms. The zero-order chi connectivity index (χ0) is 30.0. The zero-order valence-corrected chi connectivity index (χ0v) is 28.2. The first-order chi connectivity index (χ1) is 21.8. The van der Waals surface area contributed by atoms with E-state index in [4.69, 9.17) is 0 Å². The molecule has 0 bridgehead atoms. The molecule has 5 aromatic rings. The molecule has 0 saturated heterocycles. The average Bonchev–Trinajstić information content (AvgIpc) is 3.84. The Morgan fingerprint density at radius 3 is 1.29 bits per heavy atom. The van der Waals surface area contributed by atoms with Crippen molar-refractivity contribution in [2.75, 3.05) is 0 Å². The first kappa shape index (κ1) is 33.8. The number of benzene rings is 5. The maximum absolute atomic E-state index is 2.42. The van der Waals surface area contributed by atoms with Crippen LogP contribution in [-0.2, 0) is 17.1 Å². The number of rotatable bonds is 8. The van der Waals surface area contributed by atoms with E-state index in [1.807, 2.05) is 32.1 Å². The van der Waals surface area contributed by atoms with Gasteiger partial charge in [-0.2, -0.15) is 0 Å². The molecule has 0 heterocycles. The SMILES string of the molecule is CC([C]1[CH][CH][CH][C]1c1ccccc1P(c1ccccc1)c1ccccc1)P(c1ccccc1)c1ccccc1.[CH]1[CH][CH][CH][CH]1.[Fe]. The first-order valence-corrected chi connectivity index (χ1v) is 17.9. The summed E-state index contributed by atoms with van der Waals surface area (Å²) in [4.78, 5) is 0. The summed E-state index contributed by atoms with van der Waals surface area (Å²) < 4.78 is 0. The summed E-state index contributed by atoms with van der Waals surface area (Å²) in [5.74, 6) is 2.79. The second-order valence-corrected chi connectivity index (χ2v) is 15.3. The van der Waals surface area contributed by atoms with E-state index in [9.17, 15) is 0 Å². The minimum Gasteiger partial charge on any atom is -0.0622 e. The molecule has 3 heteroatoms. The number of hydrogen-bond acceptors (Lipinski definition) is 0. The van der Waals surface area contributed by atoms with Crippen molar-refractivity contribution in [2.24, 2.45) is 0 Å². The molecule has 1 unspecified atom stereocenters. The minimum absolute atomic E-state index is 0. The standard InChI is InChI=1S/C37H31P2.C5H5.Fe/c1-29(38(30-17-6-2-7-18-30)31-19-8-3-9-20-31)34-26-16-27-35(34)36-25-14-15-28-37(36)39(32-21-10-4-11-22-32)33-23-12-5-13-24-33;1-2-4-5-3-1;/h2-29H,1H3;1-5H;. The van der Waals surface area contributed by atoms with Crippen LogP contribution in [0.1, 0.15) is 12.5 Å². The summed E-state index contributed by atoms with van der Waals surface area (Å²) in [5, 5.41) is 7.00. The molecule has 2 saturated carbocycles. The molecule has 222 valence electrons. The summed E-state index contributed by atoms with van der Waals surface area (Å²) >= 11 is 0. The van der Waals surface area contributed by atoms with Crippen molar-refractivity contribution in [3.05, 3.63) is 214 Å². The molecule has 0 amide bonds. The molecular formula is C42H36FeP2. The van der Waals surface area contributed by atoms with Crippen LogP contribution in [0.4, 0.5) is 0 Å². The summed E-state index contributed by atoms with van der Waals surface area (Å²) in [6.45, 7) is 2.42. The van der Waals surface area contributed by atoms with Gasteiger partial charge in [0.05, 0.1) is 0 Å². The largest absolute Gasteiger partial charge is 0.0622 e. The van der Waals surface area contributed by atoms with E-state index in [0.29, 0.717) is 5.66 Å². The van der Waals surface area contributed by atoms with Crippen molar-refractivity contribution in [3.8, 4) is 0 Å². The van der Waals surface area contributed by atoms with Crippen LogP contribution in [-0.4, -0.2) is 5.66 Å². The maximum Gasteiger partial charge on any atom is 0.0171 e. The van der Waals surface area contributed by atoms with Gasteiger partial charge in [0.25, 0.3) is 0 Å². The predicted molar refractivity (Wildman–Crippen MR) is 194 cm³/mol. The third kappa shape index (κ3) is 8.45. The summed E-state index contributed by atoms with van der Waals surface area (Å²) in [5.41, 5.74) is 1.71. The fourth-order valence-electron chi connectivity index (χ4n) is 5.75. The Hall–Kier alpha value is -2.52. The Labute approximate surface area is 285 Å². The Morgan fingerprint density at radius 2 is 0.822 bits per heavy atom. The van der Waals surface area contributed by atoms with Crippen molar-refractivity contribution in [3.63, 3.8) is 0 Å². The van der Waals surface area contributed by atoms with Crippen LogP contribution >= 0.6 is 15.8 Å². The van der Waals surface area contributed by atoms with Gasteiger partial charge >= 0.3 is 0 Å². The van der Waals surface area contributed by atoms with Gasteiger partial charge in [0.15, 0.2) is 0 Å². The molecule has 2 aliphatic carbocycles. The molecule has 0 aliphatic heterocycles. The fraction of sp³-hybridized carbons (Fsp3) is 0.0476. The smallest absolute Gasteiger partial charge is 0.0171 e. The molecule has 0 aromatic heterocycles. The maximum atomic E-state index is 2.42. The van der Waals surface area contributed by atoms with Crippen molar-refractivity contribution in [1.29, 1.82) is 0 Å². The van der Waals surface area contributed by atoms with Crippen LogP contribution in [0.3, 0.4) is 0 Å². The third-order valence-electron chi connectivity index (χ3n) is 7.78. The van der Waals surface area contributed by atoms with Crippen molar-refractivity contribution in [1.82, 2.24) is 0 Å². The quantitative estimate of drug-likeness (QED) is 0.117. The molecular weight excluding hydrogens is 622 g/mol. The predicted octanol–water partition coefficient (Wildman–Crippen LogP) is 8.11. The van der Waals surface area contributed by atoms with Gasteiger partial charge in [-0.25, -0.2) is 0 Å². The van der Waals surface area contributed by atoms with Gasteiger partial charge in [0, 0.05) is 23.0 Å². The normalized spacial score (nSPS) is 15.8. The topological polar surface area (TPSA) is 0 Å². The number of hydrogen-bond donors (Lipinski definition) is 0. The van der Waals surface area contributed by atoms with E-state index < -0.39 is 15.8 Å². The first-order valence-electron chi connectivity index (χ1n) is 15.1. The van der Waals surface area contributed by atoms with Gasteiger partial charge in [-0.15, -0.1) is 0 Å². The molecule has 7 rings (SSSR count). The van der Waals surface area contributed by atoms with Gasteiger partial charge in [0.2, 0.25) is 0 Å². The molecule has 2 fully saturated rings. The zero-order valence-electron chi connectivity index (χ0n) is 25.3. The van der Waals surface area contributed by atoms with Crippen molar-refractivity contribution < 1.29 is 17.1 Å². The Kier molecular flexibility index (Phi) is 13.1. The third-order valence-corrected chi connectivity index (χ3v) is 13.0. The fourth-order valence-corrected chi connectivity index (χ4v) is 10.9. The van der Waals surface area contributed by atoms with Crippen LogP contribution in [0.15, 0.2) is 146 Å². The van der Waals surface area contributed by atoms with E-state index in [2.05, 4.69) is 172 Å². The molecule has 2 aliphatic rings. The molecule has 5 aromatic carbocycles. The Bertz CT molecular complexity index is 1450. The minimum atomic E-state index is -0.701. The summed E-state index contributed by atoms with van der Waals surface area (Å²) in [6.07, 6.45) is 16.9. The van der Waals surface area contributed by atoms with E-state index in [1.165, 1.54) is 43.9 Å². The van der Waals surface area contributed by atoms with Crippen molar-refractivity contribution in [2.45, 2.75) is 12.6 Å². The van der Waals surface area contributed by atoms with Crippen LogP contribution in [0.5, 0.6) is 0 Å². The van der Waals surface area contributed by atoms with Gasteiger partial charge in [0.1, 0.15) is 0 Å². The average molecular weight is 659 g/mol. The summed E-state index contributed by atoms with van der Waals surface area (Å²) in [7, 11) is -1.28. The second kappa shape index (κ2) is 17.4. The monoisotopic (exact) mass is 658 g/mol. The Morgan fingerprint density at radius 1 is 0.422 bits per heavy atom.